The van der Waals surface area contributed by atoms with Crippen molar-refractivity contribution in [3.8, 4) is 0 Å². The molecule has 0 unspecified atom stereocenters. The maximum Gasteiger partial charge on any atom is 0.503 e. The summed E-state index contributed by atoms with van der Waals surface area (Å²) in [5.41, 5.74) is 0. The third-order valence-corrected chi connectivity index (χ3v) is 4.94. The van der Waals surface area contributed by atoms with E-state index < -0.39 is 6.16 Å². The number of unbranched alkanes of at least 4 members (excludes halogenated alkanes) is 8. The molecule has 0 saturated carbocycles. The summed E-state index contributed by atoms with van der Waals surface area (Å²) < 4.78 is 1.44. The van der Waals surface area contributed by atoms with Crippen molar-refractivity contribution in [3.63, 3.8) is 0 Å². The van der Waals surface area contributed by atoms with Crippen molar-refractivity contribution in [2.75, 3.05) is 26.2 Å². The molecule has 0 aromatic carbocycles. The van der Waals surface area contributed by atoms with Crippen LogP contribution in [0.25, 0.3) is 0 Å². The van der Waals surface area contributed by atoms with Crippen molar-refractivity contribution in [1.82, 2.24) is 0 Å². The number of hydrogen-bond donors (Lipinski definition) is 2. The first-order valence-electron chi connectivity index (χ1n) is 10.7. The van der Waals surface area contributed by atoms with E-state index in [1.165, 1.54) is 108 Å². The van der Waals surface area contributed by atoms with E-state index in [2.05, 4.69) is 27.7 Å². The Labute approximate surface area is 157 Å². The van der Waals surface area contributed by atoms with Gasteiger partial charge in [-0.2, -0.15) is 0 Å². The van der Waals surface area contributed by atoms with Gasteiger partial charge in [0.05, 0.1) is 26.2 Å². The molecule has 0 saturated heterocycles. The Morgan fingerprint density at radius 1 is 0.560 bits per heavy atom. The molecule has 0 rings (SSSR count). The first-order valence-corrected chi connectivity index (χ1v) is 10.7. The lowest BCUT2D eigenvalue weighted by molar-refractivity contribution is -0.929. The molecule has 0 heterocycles. The van der Waals surface area contributed by atoms with Crippen LogP contribution < -0.4 is 0 Å². The minimum absolute atomic E-state index is 1.36. The normalized spacial score (nSPS) is 11.0. The van der Waals surface area contributed by atoms with Gasteiger partial charge in [-0.1, -0.05) is 53.4 Å². The highest BCUT2D eigenvalue weighted by molar-refractivity contribution is 5.53. The van der Waals surface area contributed by atoms with E-state index in [0.717, 1.165) is 0 Å². The van der Waals surface area contributed by atoms with Gasteiger partial charge in [0.25, 0.3) is 0 Å². The fraction of sp³-hybridized carbons (Fsp3) is 0.952. The number of rotatable bonds is 16. The van der Waals surface area contributed by atoms with Crippen molar-refractivity contribution in [2.45, 2.75) is 105 Å². The van der Waals surface area contributed by atoms with Gasteiger partial charge in [0.1, 0.15) is 0 Å². The van der Waals surface area contributed by atoms with Gasteiger partial charge in [0.2, 0.25) is 0 Å². The highest BCUT2D eigenvalue weighted by Crippen LogP contribution is 2.18. The second-order valence-corrected chi connectivity index (χ2v) is 7.35. The zero-order valence-corrected chi connectivity index (χ0v) is 17.6. The van der Waals surface area contributed by atoms with E-state index in [0.29, 0.717) is 0 Å². The molecule has 0 aromatic heterocycles. The number of quaternary nitrogens is 1. The second-order valence-electron chi connectivity index (χ2n) is 7.35. The summed E-state index contributed by atoms with van der Waals surface area (Å²) >= 11 is 0. The van der Waals surface area contributed by atoms with Gasteiger partial charge in [0.15, 0.2) is 0 Å². The molecule has 0 aliphatic heterocycles. The van der Waals surface area contributed by atoms with E-state index in [9.17, 15) is 0 Å². The fourth-order valence-corrected chi connectivity index (χ4v) is 3.46. The van der Waals surface area contributed by atoms with Crippen LogP contribution in [0.2, 0.25) is 0 Å². The molecular weight excluding hydrogens is 314 g/mol. The highest BCUT2D eigenvalue weighted by Gasteiger charge is 2.25. The molecule has 0 aromatic rings. The molecule has 0 amide bonds. The van der Waals surface area contributed by atoms with Crippen LogP contribution in [0.3, 0.4) is 0 Å². The Hall–Kier alpha value is -0.770. The quantitative estimate of drug-likeness (QED) is 0.235. The Bertz CT molecular complexity index is 233. The van der Waals surface area contributed by atoms with Gasteiger partial charge in [-0.25, -0.2) is 4.79 Å². The molecular formula is C21H46NO3+. The molecule has 4 nitrogen and oxygen atoms in total. The molecule has 0 spiro atoms. The molecule has 0 bridgehead atoms. The van der Waals surface area contributed by atoms with Gasteiger partial charge in [-0.3, -0.25) is 0 Å². The van der Waals surface area contributed by atoms with Crippen molar-refractivity contribution in [2.24, 2.45) is 0 Å². The van der Waals surface area contributed by atoms with Crippen LogP contribution in [0.5, 0.6) is 0 Å². The van der Waals surface area contributed by atoms with Crippen molar-refractivity contribution >= 4 is 6.16 Å². The van der Waals surface area contributed by atoms with Gasteiger partial charge < -0.3 is 14.7 Å². The lowest BCUT2D eigenvalue weighted by Gasteiger charge is -2.39. The topological polar surface area (TPSA) is 57.5 Å². The zero-order chi connectivity index (χ0) is 19.4. The second kappa shape index (κ2) is 19.6. The zero-order valence-electron chi connectivity index (χ0n) is 17.6. The summed E-state index contributed by atoms with van der Waals surface area (Å²) in [5, 5.41) is 13.9. The predicted octanol–water partition coefficient (Wildman–Crippen LogP) is 6.79. The Morgan fingerprint density at radius 3 is 0.920 bits per heavy atom. The maximum atomic E-state index is 8.56. The lowest BCUT2D eigenvalue weighted by atomic mass is 10.1. The summed E-state index contributed by atoms with van der Waals surface area (Å²) in [4.78, 5) is 8.56. The molecule has 25 heavy (non-hydrogen) atoms. The van der Waals surface area contributed by atoms with Gasteiger partial charge in [-0.05, 0) is 51.4 Å². The molecule has 0 atom stereocenters. The Kier molecular flexibility index (Phi) is 20.7. The van der Waals surface area contributed by atoms with Crippen molar-refractivity contribution in [3.05, 3.63) is 0 Å². The summed E-state index contributed by atoms with van der Waals surface area (Å²) in [7, 11) is 0. The number of nitrogens with zero attached hydrogens (tertiary/aromatic N) is 1. The van der Waals surface area contributed by atoms with Crippen LogP contribution in [0.1, 0.15) is 105 Å². The molecule has 0 aliphatic carbocycles. The van der Waals surface area contributed by atoms with Gasteiger partial charge >= 0.3 is 6.16 Å². The summed E-state index contributed by atoms with van der Waals surface area (Å²) in [5.74, 6) is 0. The van der Waals surface area contributed by atoms with Gasteiger partial charge in [0, 0.05) is 0 Å². The largest absolute Gasteiger partial charge is 0.503 e. The molecule has 2 N–H and O–H groups in total. The van der Waals surface area contributed by atoms with E-state index >= 15 is 0 Å². The van der Waals surface area contributed by atoms with Crippen LogP contribution in [0, 0.1) is 0 Å². The average Bonchev–Trinajstić information content (AvgIpc) is 2.55. The van der Waals surface area contributed by atoms with E-state index in [1.54, 1.807) is 0 Å². The predicted molar refractivity (Wildman–Crippen MR) is 108 cm³/mol. The minimum atomic E-state index is -1.83. The molecule has 152 valence electrons. The third-order valence-electron chi connectivity index (χ3n) is 4.94. The van der Waals surface area contributed by atoms with Crippen molar-refractivity contribution in [1.29, 1.82) is 0 Å². The number of hydrogen-bond acceptors (Lipinski definition) is 1. The standard InChI is InChI=1S/C20H44N.CH2O3/c1-5-9-13-17-21(18-14-10-6-2,19-15-11-7-3)20-16-12-8-4;2-1(3)4/h5-20H2,1-4H3;(H2,2,3,4)/q+1;. The Balaban J connectivity index is 0. The number of carboxylic acid groups (broad SMARTS) is 2. The van der Waals surface area contributed by atoms with Crippen LogP contribution >= 0.6 is 0 Å². The first-order chi connectivity index (χ1) is 12.0. The SMILES string of the molecule is CCCCC[N+](CCCCC)(CCCCC)CCCCC.O=C(O)O. The molecule has 0 fully saturated rings. The molecule has 0 aliphatic rings. The van der Waals surface area contributed by atoms with Crippen LogP contribution in [0.4, 0.5) is 4.79 Å². The Morgan fingerprint density at radius 2 is 0.760 bits per heavy atom. The maximum absolute atomic E-state index is 8.56. The first kappa shape index (κ1) is 26.5. The van der Waals surface area contributed by atoms with Gasteiger partial charge in [-0.15, -0.1) is 0 Å². The summed E-state index contributed by atoms with van der Waals surface area (Å²) in [6, 6.07) is 0. The minimum Gasteiger partial charge on any atom is -0.450 e. The fourth-order valence-electron chi connectivity index (χ4n) is 3.46. The lowest BCUT2D eigenvalue weighted by Crippen LogP contribution is -2.50. The summed E-state index contributed by atoms with van der Waals surface area (Å²) in [6.45, 7) is 15.1. The van der Waals surface area contributed by atoms with Crippen molar-refractivity contribution < 1.29 is 19.5 Å². The number of carbonyl (C=O) groups is 1. The highest BCUT2D eigenvalue weighted by atomic mass is 16.6. The van der Waals surface area contributed by atoms with E-state index in [4.69, 9.17) is 15.0 Å². The summed E-state index contributed by atoms with van der Waals surface area (Å²) in [6.07, 6.45) is 15.1. The smallest absolute Gasteiger partial charge is 0.450 e. The monoisotopic (exact) mass is 360 g/mol. The van der Waals surface area contributed by atoms with E-state index in [1.807, 2.05) is 0 Å². The van der Waals surface area contributed by atoms with Crippen LogP contribution in [-0.2, 0) is 0 Å². The molecule has 4 heteroatoms. The van der Waals surface area contributed by atoms with Crippen LogP contribution in [-0.4, -0.2) is 47.0 Å². The van der Waals surface area contributed by atoms with E-state index in [-0.39, 0.29) is 0 Å². The third kappa shape index (κ3) is 19.4. The average molecular weight is 361 g/mol. The van der Waals surface area contributed by atoms with Crippen LogP contribution in [0.15, 0.2) is 0 Å². The molecule has 0 radical (unpaired) electrons.